The Bertz CT molecular complexity index is 624. The summed E-state index contributed by atoms with van der Waals surface area (Å²) in [6.45, 7) is 7.67. The van der Waals surface area contributed by atoms with Gasteiger partial charge in [-0.3, -0.25) is 0 Å². The molecule has 0 spiro atoms. The summed E-state index contributed by atoms with van der Waals surface area (Å²) in [5.74, 6) is 1.20. The van der Waals surface area contributed by atoms with Gasteiger partial charge >= 0.3 is 0 Å². The molecule has 2 aromatic rings. The van der Waals surface area contributed by atoms with E-state index in [-0.39, 0.29) is 5.41 Å². The first-order valence-electron chi connectivity index (χ1n) is 7.45. The Morgan fingerprint density at radius 3 is 2.67 bits per heavy atom. The minimum absolute atomic E-state index is 0.239. The molecule has 1 aliphatic carbocycles. The second kappa shape index (κ2) is 5.48. The third-order valence-electron chi connectivity index (χ3n) is 3.89. The average Bonchev–Trinajstić information content (AvgIpc) is 2.46. The SMILES string of the molecule is CCNC1CC(C)(C)Cc2nc(-c3ncccn3)ncc21. The van der Waals surface area contributed by atoms with Crippen LogP contribution in [0.1, 0.15) is 44.5 Å². The number of hydrogen-bond donors (Lipinski definition) is 1. The van der Waals surface area contributed by atoms with E-state index in [1.807, 2.05) is 6.20 Å². The van der Waals surface area contributed by atoms with Crippen molar-refractivity contribution in [2.75, 3.05) is 6.54 Å². The van der Waals surface area contributed by atoms with Gasteiger partial charge in [0, 0.05) is 35.9 Å². The molecule has 0 fully saturated rings. The molecule has 0 saturated carbocycles. The van der Waals surface area contributed by atoms with E-state index in [0.29, 0.717) is 17.7 Å². The van der Waals surface area contributed by atoms with Gasteiger partial charge in [-0.2, -0.15) is 0 Å². The summed E-state index contributed by atoms with van der Waals surface area (Å²) in [4.78, 5) is 17.7. The van der Waals surface area contributed by atoms with E-state index < -0.39 is 0 Å². The molecule has 0 aliphatic heterocycles. The van der Waals surface area contributed by atoms with Crippen molar-refractivity contribution < 1.29 is 0 Å². The standard InChI is InChI=1S/C16H21N5/c1-4-17-12-8-16(2,3)9-13-11(12)10-20-15(21-13)14-18-6-5-7-19-14/h5-7,10,12,17H,4,8-9H2,1-3H3. The molecule has 1 N–H and O–H groups in total. The van der Waals surface area contributed by atoms with Gasteiger partial charge in [0.25, 0.3) is 0 Å². The fourth-order valence-corrected chi connectivity index (χ4v) is 3.00. The Hall–Kier alpha value is -1.88. The molecule has 0 aromatic carbocycles. The lowest BCUT2D eigenvalue weighted by atomic mass is 9.74. The van der Waals surface area contributed by atoms with Gasteiger partial charge in [-0.05, 0) is 30.9 Å². The summed E-state index contributed by atoms with van der Waals surface area (Å²) in [6, 6.07) is 2.13. The van der Waals surface area contributed by atoms with Gasteiger partial charge in [0.1, 0.15) is 0 Å². The quantitative estimate of drug-likeness (QED) is 0.938. The van der Waals surface area contributed by atoms with Gasteiger partial charge in [0.15, 0.2) is 11.6 Å². The number of hydrogen-bond acceptors (Lipinski definition) is 5. The highest BCUT2D eigenvalue weighted by atomic mass is 15.0. The second-order valence-corrected chi connectivity index (χ2v) is 6.32. The first-order valence-corrected chi connectivity index (χ1v) is 7.45. The van der Waals surface area contributed by atoms with E-state index in [2.05, 4.69) is 41.0 Å². The number of nitrogens with zero attached hydrogens (tertiary/aromatic N) is 4. The van der Waals surface area contributed by atoms with Crippen LogP contribution in [0.25, 0.3) is 11.6 Å². The van der Waals surface area contributed by atoms with Crippen LogP contribution in [0.2, 0.25) is 0 Å². The van der Waals surface area contributed by atoms with E-state index in [0.717, 1.165) is 25.1 Å². The van der Waals surface area contributed by atoms with Gasteiger partial charge in [-0.25, -0.2) is 19.9 Å². The van der Waals surface area contributed by atoms with Gasteiger partial charge in [-0.15, -0.1) is 0 Å². The van der Waals surface area contributed by atoms with Crippen molar-refractivity contribution in [1.82, 2.24) is 25.3 Å². The summed E-state index contributed by atoms with van der Waals surface area (Å²) in [5, 5.41) is 3.54. The summed E-state index contributed by atoms with van der Waals surface area (Å²) in [6.07, 6.45) is 7.45. The van der Waals surface area contributed by atoms with E-state index in [4.69, 9.17) is 4.98 Å². The summed E-state index contributed by atoms with van der Waals surface area (Å²) in [5.41, 5.74) is 2.58. The highest BCUT2D eigenvalue weighted by Gasteiger charge is 2.33. The number of aromatic nitrogens is 4. The summed E-state index contributed by atoms with van der Waals surface area (Å²) in [7, 11) is 0. The van der Waals surface area contributed by atoms with Crippen molar-refractivity contribution in [2.45, 2.75) is 39.7 Å². The number of nitrogens with one attached hydrogen (secondary N) is 1. The zero-order chi connectivity index (χ0) is 14.9. The maximum Gasteiger partial charge on any atom is 0.197 e. The molecule has 3 rings (SSSR count). The number of rotatable bonds is 3. The summed E-state index contributed by atoms with van der Waals surface area (Å²) < 4.78 is 0. The van der Waals surface area contributed by atoms with Crippen LogP contribution in [0.5, 0.6) is 0 Å². The van der Waals surface area contributed by atoms with Crippen LogP contribution in [0.15, 0.2) is 24.7 Å². The van der Waals surface area contributed by atoms with Crippen molar-refractivity contribution in [2.24, 2.45) is 5.41 Å². The monoisotopic (exact) mass is 283 g/mol. The third-order valence-corrected chi connectivity index (χ3v) is 3.89. The van der Waals surface area contributed by atoms with Crippen molar-refractivity contribution in [3.63, 3.8) is 0 Å². The predicted octanol–water partition coefficient (Wildman–Crippen LogP) is 2.56. The highest BCUT2D eigenvalue weighted by Crippen LogP contribution is 2.39. The first-order chi connectivity index (χ1) is 10.1. The van der Waals surface area contributed by atoms with Crippen LogP contribution < -0.4 is 5.32 Å². The smallest absolute Gasteiger partial charge is 0.197 e. The molecule has 0 amide bonds. The predicted molar refractivity (Wildman–Crippen MR) is 81.6 cm³/mol. The summed E-state index contributed by atoms with van der Waals surface area (Å²) >= 11 is 0. The molecular formula is C16H21N5. The zero-order valence-electron chi connectivity index (χ0n) is 12.8. The van der Waals surface area contributed by atoms with Crippen LogP contribution >= 0.6 is 0 Å². The Balaban J connectivity index is 2.01. The van der Waals surface area contributed by atoms with Gasteiger partial charge in [-0.1, -0.05) is 20.8 Å². The maximum atomic E-state index is 4.74. The van der Waals surface area contributed by atoms with Crippen molar-refractivity contribution in [3.05, 3.63) is 35.9 Å². The lowest BCUT2D eigenvalue weighted by Gasteiger charge is -2.36. The zero-order valence-corrected chi connectivity index (χ0v) is 12.8. The molecule has 110 valence electrons. The Morgan fingerprint density at radius 1 is 1.19 bits per heavy atom. The molecule has 0 bridgehead atoms. The lowest BCUT2D eigenvalue weighted by molar-refractivity contribution is 0.255. The van der Waals surface area contributed by atoms with Gasteiger partial charge < -0.3 is 5.32 Å². The van der Waals surface area contributed by atoms with Gasteiger partial charge in [0.05, 0.1) is 0 Å². The molecule has 2 heterocycles. The van der Waals surface area contributed by atoms with Crippen molar-refractivity contribution in [3.8, 4) is 11.6 Å². The lowest BCUT2D eigenvalue weighted by Crippen LogP contribution is -2.34. The van der Waals surface area contributed by atoms with Crippen LogP contribution in [0, 0.1) is 5.41 Å². The molecule has 5 heteroatoms. The maximum absolute atomic E-state index is 4.74. The Labute approximate surface area is 125 Å². The molecular weight excluding hydrogens is 262 g/mol. The molecule has 1 atom stereocenters. The van der Waals surface area contributed by atoms with E-state index in [1.165, 1.54) is 5.56 Å². The van der Waals surface area contributed by atoms with Crippen molar-refractivity contribution in [1.29, 1.82) is 0 Å². The first kappa shape index (κ1) is 14.1. The van der Waals surface area contributed by atoms with Gasteiger partial charge in [0.2, 0.25) is 0 Å². The largest absolute Gasteiger partial charge is 0.310 e. The second-order valence-electron chi connectivity index (χ2n) is 6.32. The van der Waals surface area contributed by atoms with E-state index in [9.17, 15) is 0 Å². The molecule has 2 aromatic heterocycles. The molecule has 0 radical (unpaired) electrons. The van der Waals surface area contributed by atoms with E-state index in [1.54, 1.807) is 18.5 Å². The van der Waals surface area contributed by atoms with Crippen molar-refractivity contribution >= 4 is 0 Å². The highest BCUT2D eigenvalue weighted by molar-refractivity contribution is 5.44. The molecule has 1 unspecified atom stereocenters. The van der Waals surface area contributed by atoms with Crippen LogP contribution in [0.3, 0.4) is 0 Å². The van der Waals surface area contributed by atoms with E-state index >= 15 is 0 Å². The topological polar surface area (TPSA) is 63.6 Å². The fraction of sp³-hybridized carbons (Fsp3) is 0.500. The van der Waals surface area contributed by atoms with Crippen LogP contribution in [-0.4, -0.2) is 26.5 Å². The van der Waals surface area contributed by atoms with Crippen LogP contribution in [-0.2, 0) is 6.42 Å². The molecule has 5 nitrogen and oxygen atoms in total. The fourth-order valence-electron chi connectivity index (χ4n) is 3.00. The Morgan fingerprint density at radius 2 is 1.95 bits per heavy atom. The molecule has 21 heavy (non-hydrogen) atoms. The number of fused-ring (bicyclic) bond motifs is 1. The minimum Gasteiger partial charge on any atom is -0.310 e. The average molecular weight is 283 g/mol. The molecule has 0 saturated heterocycles. The normalized spacial score (nSPS) is 20.0. The third kappa shape index (κ3) is 2.93. The minimum atomic E-state index is 0.239. The molecule has 1 aliphatic rings. The van der Waals surface area contributed by atoms with Crippen LogP contribution in [0.4, 0.5) is 0 Å². The Kier molecular flexibility index (Phi) is 3.68.